The van der Waals surface area contributed by atoms with Crippen molar-refractivity contribution in [2.75, 3.05) is 6.61 Å². The van der Waals surface area contributed by atoms with Crippen LogP contribution in [0.3, 0.4) is 0 Å². The largest absolute Gasteiger partial charge is 0.392 e. The van der Waals surface area contributed by atoms with E-state index in [1.54, 1.807) is 0 Å². The summed E-state index contributed by atoms with van der Waals surface area (Å²) in [5, 5.41) is 9.69. The van der Waals surface area contributed by atoms with E-state index in [-0.39, 0.29) is 6.61 Å². The number of ether oxygens (including phenoxy) is 1. The molecule has 0 spiro atoms. The molecule has 1 aromatic carbocycles. The van der Waals surface area contributed by atoms with Crippen LogP contribution in [-0.4, -0.2) is 25.9 Å². The van der Waals surface area contributed by atoms with E-state index >= 15 is 0 Å². The van der Waals surface area contributed by atoms with Gasteiger partial charge in [-0.3, -0.25) is 0 Å². The summed E-state index contributed by atoms with van der Waals surface area (Å²) >= 11 is 0. The third-order valence-electron chi connectivity index (χ3n) is 4.30. The summed E-state index contributed by atoms with van der Waals surface area (Å²) in [6.45, 7) is 8.08. The van der Waals surface area contributed by atoms with E-state index in [2.05, 4.69) is 43.9 Å². The first kappa shape index (κ1) is 17.5. The number of aliphatic hydroxyl groups is 1. The molecular formula is C19H30O2Si. The molecule has 0 atom stereocenters. The number of hydrogen-bond donors (Lipinski definition) is 1. The van der Waals surface area contributed by atoms with Crippen LogP contribution < -0.4 is 0 Å². The fourth-order valence-electron chi connectivity index (χ4n) is 3.18. The van der Waals surface area contributed by atoms with Crippen molar-refractivity contribution < 1.29 is 9.84 Å². The second-order valence-corrected chi connectivity index (χ2v) is 13.1. The van der Waals surface area contributed by atoms with E-state index in [1.165, 1.54) is 16.7 Å². The van der Waals surface area contributed by atoms with Crippen LogP contribution in [0.5, 0.6) is 0 Å². The van der Waals surface area contributed by atoms with Crippen LogP contribution in [0.15, 0.2) is 41.5 Å². The molecule has 0 saturated heterocycles. The van der Waals surface area contributed by atoms with Crippen LogP contribution in [0.25, 0.3) is 0 Å². The molecule has 0 bridgehead atoms. The smallest absolute Gasteiger partial charge is 0.0720 e. The number of allylic oxidation sites excluding steroid dienone is 1. The minimum Gasteiger partial charge on any atom is -0.392 e. The Morgan fingerprint density at radius 3 is 2.32 bits per heavy atom. The molecule has 0 heterocycles. The highest BCUT2D eigenvalue weighted by Crippen LogP contribution is 2.31. The molecule has 0 aromatic heterocycles. The molecule has 2 rings (SSSR count). The highest BCUT2D eigenvalue weighted by molar-refractivity contribution is 6.76. The van der Waals surface area contributed by atoms with Crippen LogP contribution in [-0.2, 0) is 11.3 Å². The minimum atomic E-state index is -1.15. The fourth-order valence-corrected chi connectivity index (χ4v) is 4.82. The maximum Gasteiger partial charge on any atom is 0.0720 e. The Kier molecular flexibility index (Phi) is 6.42. The zero-order valence-electron chi connectivity index (χ0n) is 14.3. The molecule has 122 valence electrons. The summed E-state index contributed by atoms with van der Waals surface area (Å²) in [6.07, 6.45) is 4.75. The quantitative estimate of drug-likeness (QED) is 0.604. The maximum absolute atomic E-state index is 9.69. The molecular weight excluding hydrogens is 288 g/mol. The number of rotatable bonds is 6. The predicted molar refractivity (Wildman–Crippen MR) is 95.8 cm³/mol. The summed E-state index contributed by atoms with van der Waals surface area (Å²) in [5.74, 6) is 0. The van der Waals surface area contributed by atoms with Gasteiger partial charge in [-0.15, -0.1) is 0 Å². The van der Waals surface area contributed by atoms with Gasteiger partial charge >= 0.3 is 0 Å². The van der Waals surface area contributed by atoms with Crippen LogP contribution in [0.4, 0.5) is 0 Å². The lowest BCUT2D eigenvalue weighted by molar-refractivity contribution is 0.0233. The molecule has 1 fully saturated rings. The van der Waals surface area contributed by atoms with Crippen LogP contribution in [0.1, 0.15) is 31.2 Å². The predicted octanol–water partition coefficient (Wildman–Crippen LogP) is 4.77. The molecule has 1 aliphatic rings. The highest BCUT2D eigenvalue weighted by atomic mass is 28.3. The fraction of sp³-hybridized carbons (Fsp3) is 0.579. The van der Waals surface area contributed by atoms with Gasteiger partial charge in [-0.1, -0.05) is 55.5 Å². The molecule has 0 amide bonds. The van der Waals surface area contributed by atoms with Crippen molar-refractivity contribution >= 4 is 8.07 Å². The molecule has 3 heteroatoms. The summed E-state index contributed by atoms with van der Waals surface area (Å²) in [6, 6.07) is 11.5. The Balaban J connectivity index is 1.84. The molecule has 1 aliphatic carbocycles. The van der Waals surface area contributed by atoms with Gasteiger partial charge in [-0.25, -0.2) is 0 Å². The molecule has 1 aromatic rings. The van der Waals surface area contributed by atoms with E-state index in [0.717, 1.165) is 31.7 Å². The van der Waals surface area contributed by atoms with E-state index in [9.17, 15) is 5.11 Å². The first-order valence-electron chi connectivity index (χ1n) is 8.44. The first-order chi connectivity index (χ1) is 10.5. The topological polar surface area (TPSA) is 29.5 Å². The van der Waals surface area contributed by atoms with Crippen molar-refractivity contribution in [1.29, 1.82) is 0 Å². The van der Waals surface area contributed by atoms with Crippen molar-refractivity contribution in [2.24, 2.45) is 0 Å². The monoisotopic (exact) mass is 318 g/mol. The lowest BCUT2D eigenvalue weighted by Crippen LogP contribution is -2.23. The standard InChI is InChI=1S/C19H30O2Si/c1-22(2,3)15-18(13-20)17-9-11-19(12-10-17)21-14-16-7-5-4-6-8-16/h4-8,19-20H,9-15H2,1-3H3. The van der Waals surface area contributed by atoms with Gasteiger partial charge in [0.1, 0.15) is 0 Å². The number of aliphatic hydroxyl groups excluding tert-OH is 1. The SMILES string of the molecule is C[Si](C)(C)CC(CO)=C1CCC(OCc2ccccc2)CC1. The van der Waals surface area contributed by atoms with Crippen molar-refractivity contribution in [1.82, 2.24) is 0 Å². The zero-order chi connectivity index (χ0) is 16.0. The number of benzene rings is 1. The molecule has 0 radical (unpaired) electrons. The first-order valence-corrected chi connectivity index (χ1v) is 12.1. The van der Waals surface area contributed by atoms with E-state index in [0.29, 0.717) is 12.7 Å². The van der Waals surface area contributed by atoms with Gasteiger partial charge in [0.15, 0.2) is 0 Å². The number of hydrogen-bond acceptors (Lipinski definition) is 2. The van der Waals surface area contributed by atoms with Crippen LogP contribution in [0.2, 0.25) is 25.7 Å². The Hall–Kier alpha value is -0.903. The van der Waals surface area contributed by atoms with E-state index in [1.807, 2.05) is 6.07 Å². The molecule has 0 unspecified atom stereocenters. The van der Waals surface area contributed by atoms with Crippen molar-refractivity contribution in [2.45, 2.75) is 64.1 Å². The minimum absolute atomic E-state index is 0.245. The van der Waals surface area contributed by atoms with Crippen molar-refractivity contribution in [3.05, 3.63) is 47.0 Å². The van der Waals surface area contributed by atoms with Crippen molar-refractivity contribution in [3.8, 4) is 0 Å². The molecule has 0 aliphatic heterocycles. The second-order valence-electron chi connectivity index (χ2n) is 7.60. The van der Waals surface area contributed by atoms with Crippen LogP contribution >= 0.6 is 0 Å². The molecule has 1 N–H and O–H groups in total. The second kappa shape index (κ2) is 8.09. The van der Waals surface area contributed by atoms with Gasteiger partial charge in [-0.05, 0) is 42.9 Å². The van der Waals surface area contributed by atoms with E-state index in [4.69, 9.17) is 4.74 Å². The molecule has 22 heavy (non-hydrogen) atoms. The van der Waals surface area contributed by atoms with Crippen molar-refractivity contribution in [3.63, 3.8) is 0 Å². The van der Waals surface area contributed by atoms with Crippen LogP contribution in [0, 0.1) is 0 Å². The lowest BCUT2D eigenvalue weighted by Gasteiger charge is -2.28. The Bertz CT molecular complexity index is 478. The Labute approximate surface area is 136 Å². The van der Waals surface area contributed by atoms with Gasteiger partial charge in [0, 0.05) is 8.07 Å². The average molecular weight is 319 g/mol. The van der Waals surface area contributed by atoms with Gasteiger partial charge in [0.25, 0.3) is 0 Å². The van der Waals surface area contributed by atoms with Gasteiger partial charge in [-0.2, -0.15) is 0 Å². The lowest BCUT2D eigenvalue weighted by atomic mass is 9.89. The summed E-state index contributed by atoms with van der Waals surface area (Å²) in [5.41, 5.74) is 4.07. The normalized spacial score (nSPS) is 19.3. The maximum atomic E-state index is 9.69. The van der Waals surface area contributed by atoms with Gasteiger partial charge in [0.2, 0.25) is 0 Å². The Morgan fingerprint density at radius 1 is 1.14 bits per heavy atom. The van der Waals surface area contributed by atoms with E-state index < -0.39 is 8.07 Å². The summed E-state index contributed by atoms with van der Waals surface area (Å²) < 4.78 is 6.06. The highest BCUT2D eigenvalue weighted by Gasteiger charge is 2.22. The summed E-state index contributed by atoms with van der Waals surface area (Å²) in [4.78, 5) is 0. The third kappa shape index (κ3) is 5.71. The molecule has 2 nitrogen and oxygen atoms in total. The summed E-state index contributed by atoms with van der Waals surface area (Å²) in [7, 11) is -1.15. The van der Waals surface area contributed by atoms with Gasteiger partial charge < -0.3 is 9.84 Å². The molecule has 1 saturated carbocycles. The average Bonchev–Trinajstić information content (AvgIpc) is 2.51. The van der Waals surface area contributed by atoms with Gasteiger partial charge in [0.05, 0.1) is 19.3 Å². The zero-order valence-corrected chi connectivity index (χ0v) is 15.3. The Morgan fingerprint density at radius 2 is 1.77 bits per heavy atom. The third-order valence-corrected chi connectivity index (χ3v) is 5.79.